The number of benzene rings is 1. The molecule has 1 N–H and O–H groups in total. The van der Waals surface area contributed by atoms with E-state index in [4.69, 9.17) is 4.98 Å². The topological polar surface area (TPSA) is 50.2 Å². The van der Waals surface area contributed by atoms with Gasteiger partial charge in [0.05, 0.1) is 11.1 Å². The van der Waals surface area contributed by atoms with E-state index >= 15 is 0 Å². The Morgan fingerprint density at radius 3 is 2.69 bits per heavy atom. The maximum atomic E-state index is 13.6. The van der Waals surface area contributed by atoms with Crippen molar-refractivity contribution in [1.82, 2.24) is 14.5 Å². The van der Waals surface area contributed by atoms with E-state index in [9.17, 15) is 9.18 Å². The van der Waals surface area contributed by atoms with Gasteiger partial charge < -0.3 is 10.2 Å². The molecule has 0 saturated heterocycles. The standard InChI is InChI=1S/C22H27FN4OS/c1-26(2)14-6-13-24-22-25-20-19(17-7-4-3-5-8-18(17)29-20)21(28)27(22)16-11-9-15(23)10-12-16/h9-12H,3-8,13-14H2,1-2H3,(H,24,25). The van der Waals surface area contributed by atoms with Crippen molar-refractivity contribution in [3.05, 3.63) is 50.9 Å². The molecule has 0 saturated carbocycles. The largest absolute Gasteiger partial charge is 0.355 e. The first-order chi connectivity index (χ1) is 14.0. The van der Waals surface area contributed by atoms with Crippen LogP contribution >= 0.6 is 11.3 Å². The Hall–Kier alpha value is -2.25. The summed E-state index contributed by atoms with van der Waals surface area (Å²) < 4.78 is 15.1. The second-order valence-corrected chi connectivity index (χ2v) is 8.96. The molecule has 5 nitrogen and oxygen atoms in total. The molecule has 0 atom stereocenters. The van der Waals surface area contributed by atoms with Gasteiger partial charge in [-0.25, -0.2) is 13.9 Å². The molecule has 0 aliphatic heterocycles. The highest BCUT2D eigenvalue weighted by atomic mass is 32.1. The average molecular weight is 415 g/mol. The summed E-state index contributed by atoms with van der Waals surface area (Å²) in [5, 5.41) is 4.09. The molecule has 0 bridgehead atoms. The highest BCUT2D eigenvalue weighted by Gasteiger charge is 2.22. The third-order valence-corrected chi connectivity index (χ3v) is 6.57. The zero-order valence-electron chi connectivity index (χ0n) is 17.0. The molecule has 2 aromatic heterocycles. The number of nitrogens with one attached hydrogen (secondary N) is 1. The maximum absolute atomic E-state index is 13.6. The summed E-state index contributed by atoms with van der Waals surface area (Å²) in [6, 6.07) is 6.05. The molecule has 0 spiro atoms. The number of nitrogens with zero attached hydrogens (tertiary/aromatic N) is 3. The van der Waals surface area contributed by atoms with Gasteiger partial charge in [0.25, 0.3) is 5.56 Å². The fourth-order valence-corrected chi connectivity index (χ4v) is 5.18. The third-order valence-electron chi connectivity index (χ3n) is 5.39. The normalized spacial score (nSPS) is 14.2. The Labute approximate surface area is 174 Å². The van der Waals surface area contributed by atoms with Gasteiger partial charge in [0.15, 0.2) is 0 Å². The van der Waals surface area contributed by atoms with E-state index in [1.54, 1.807) is 28.0 Å². The van der Waals surface area contributed by atoms with E-state index in [1.165, 1.54) is 35.4 Å². The van der Waals surface area contributed by atoms with Crippen molar-refractivity contribution in [2.24, 2.45) is 0 Å². The molecule has 3 aromatic rings. The van der Waals surface area contributed by atoms with E-state index in [-0.39, 0.29) is 11.4 Å². The number of rotatable bonds is 6. The predicted molar refractivity (Wildman–Crippen MR) is 118 cm³/mol. The van der Waals surface area contributed by atoms with Gasteiger partial charge in [-0.15, -0.1) is 11.3 Å². The average Bonchev–Trinajstić information content (AvgIpc) is 2.88. The van der Waals surface area contributed by atoms with E-state index in [0.717, 1.165) is 42.4 Å². The van der Waals surface area contributed by atoms with Crippen LogP contribution in [0.15, 0.2) is 29.1 Å². The minimum absolute atomic E-state index is 0.0592. The van der Waals surface area contributed by atoms with Crippen LogP contribution in [0.2, 0.25) is 0 Å². The number of anilines is 1. The minimum atomic E-state index is -0.319. The fraction of sp³-hybridized carbons (Fsp3) is 0.455. The summed E-state index contributed by atoms with van der Waals surface area (Å²) in [5.74, 6) is 0.213. The number of hydrogen-bond acceptors (Lipinski definition) is 5. The molecule has 0 fully saturated rings. The van der Waals surface area contributed by atoms with E-state index < -0.39 is 0 Å². The van der Waals surface area contributed by atoms with Crippen molar-refractivity contribution in [3.8, 4) is 5.69 Å². The summed E-state index contributed by atoms with van der Waals surface area (Å²) in [5.41, 5.74) is 1.75. The molecule has 0 amide bonds. The van der Waals surface area contributed by atoms with Gasteiger partial charge in [0.1, 0.15) is 10.6 Å². The molecule has 2 heterocycles. The van der Waals surface area contributed by atoms with Crippen molar-refractivity contribution < 1.29 is 4.39 Å². The molecule has 0 radical (unpaired) electrons. The third kappa shape index (κ3) is 4.21. The monoisotopic (exact) mass is 414 g/mol. The summed E-state index contributed by atoms with van der Waals surface area (Å²) in [6.07, 6.45) is 6.38. The smallest absolute Gasteiger partial charge is 0.268 e. The molecular weight excluding hydrogens is 387 g/mol. The molecule has 4 rings (SSSR count). The van der Waals surface area contributed by atoms with Crippen LogP contribution in [0, 0.1) is 5.82 Å². The maximum Gasteiger partial charge on any atom is 0.268 e. The van der Waals surface area contributed by atoms with Crippen LogP contribution < -0.4 is 10.9 Å². The van der Waals surface area contributed by atoms with Crippen molar-refractivity contribution in [1.29, 1.82) is 0 Å². The summed E-state index contributed by atoms with van der Waals surface area (Å²) >= 11 is 1.66. The first-order valence-electron chi connectivity index (χ1n) is 10.3. The van der Waals surface area contributed by atoms with Crippen LogP contribution in [0.5, 0.6) is 0 Å². The number of hydrogen-bond donors (Lipinski definition) is 1. The quantitative estimate of drug-likeness (QED) is 0.485. The summed E-state index contributed by atoms with van der Waals surface area (Å²) in [7, 11) is 4.08. The lowest BCUT2D eigenvalue weighted by Crippen LogP contribution is -2.25. The SMILES string of the molecule is CN(C)CCCNc1nc2sc3c(c2c(=O)n1-c1ccc(F)cc1)CCCCC3. The fourth-order valence-electron chi connectivity index (χ4n) is 3.93. The molecule has 0 unspecified atom stereocenters. The number of aromatic nitrogens is 2. The van der Waals surface area contributed by atoms with Gasteiger partial charge in [-0.05, 0) is 82.6 Å². The van der Waals surface area contributed by atoms with E-state index in [0.29, 0.717) is 18.2 Å². The second kappa shape index (κ2) is 8.63. The lowest BCUT2D eigenvalue weighted by Gasteiger charge is -2.15. The van der Waals surface area contributed by atoms with E-state index in [2.05, 4.69) is 10.2 Å². The van der Waals surface area contributed by atoms with Crippen LogP contribution in [-0.2, 0) is 12.8 Å². The molecule has 1 aromatic carbocycles. The Morgan fingerprint density at radius 2 is 1.93 bits per heavy atom. The molecule has 1 aliphatic rings. The van der Waals surface area contributed by atoms with Gasteiger partial charge in [-0.2, -0.15) is 0 Å². The van der Waals surface area contributed by atoms with Crippen LogP contribution in [0.3, 0.4) is 0 Å². The van der Waals surface area contributed by atoms with Crippen molar-refractivity contribution in [3.63, 3.8) is 0 Å². The number of aryl methyl sites for hydroxylation is 2. The van der Waals surface area contributed by atoms with Gasteiger partial charge >= 0.3 is 0 Å². The summed E-state index contributed by atoms with van der Waals surface area (Å²) in [6.45, 7) is 1.66. The molecular formula is C22H27FN4OS. The first kappa shape index (κ1) is 20.0. The van der Waals surface area contributed by atoms with Gasteiger partial charge in [0.2, 0.25) is 5.95 Å². The summed E-state index contributed by atoms with van der Waals surface area (Å²) in [4.78, 5) is 22.7. The van der Waals surface area contributed by atoms with Gasteiger partial charge in [0, 0.05) is 11.4 Å². The molecule has 7 heteroatoms. The van der Waals surface area contributed by atoms with Crippen LogP contribution in [-0.4, -0.2) is 41.6 Å². The Kier molecular flexibility index (Phi) is 5.96. The van der Waals surface area contributed by atoms with Gasteiger partial charge in [-0.1, -0.05) is 6.42 Å². The van der Waals surface area contributed by atoms with Crippen molar-refractivity contribution >= 4 is 27.5 Å². The highest BCUT2D eigenvalue weighted by molar-refractivity contribution is 7.18. The van der Waals surface area contributed by atoms with Crippen molar-refractivity contribution in [2.45, 2.75) is 38.5 Å². The zero-order valence-corrected chi connectivity index (χ0v) is 17.8. The Balaban J connectivity index is 1.82. The zero-order chi connectivity index (χ0) is 20.4. The van der Waals surface area contributed by atoms with Crippen molar-refractivity contribution in [2.75, 3.05) is 32.5 Å². The van der Waals surface area contributed by atoms with Gasteiger partial charge in [-0.3, -0.25) is 4.79 Å². The Bertz CT molecular complexity index is 1060. The highest BCUT2D eigenvalue weighted by Crippen LogP contribution is 2.34. The minimum Gasteiger partial charge on any atom is -0.355 e. The Morgan fingerprint density at radius 1 is 1.17 bits per heavy atom. The number of halogens is 1. The molecule has 1 aliphatic carbocycles. The van der Waals surface area contributed by atoms with Crippen LogP contribution in [0.25, 0.3) is 15.9 Å². The molecule has 29 heavy (non-hydrogen) atoms. The lowest BCUT2D eigenvalue weighted by molar-refractivity contribution is 0.405. The molecule has 154 valence electrons. The number of thiophene rings is 1. The lowest BCUT2D eigenvalue weighted by atomic mass is 10.1. The second-order valence-electron chi connectivity index (χ2n) is 7.88. The predicted octanol–water partition coefficient (Wildman–Crippen LogP) is 4.22. The van der Waals surface area contributed by atoms with Crippen LogP contribution in [0.4, 0.5) is 10.3 Å². The first-order valence-corrected chi connectivity index (χ1v) is 11.1. The van der Waals surface area contributed by atoms with E-state index in [1.807, 2.05) is 14.1 Å². The van der Waals surface area contributed by atoms with Crippen LogP contribution in [0.1, 0.15) is 36.1 Å². The number of fused-ring (bicyclic) bond motifs is 3.